The Hall–Kier alpha value is -1.83. The van der Waals surface area contributed by atoms with Gasteiger partial charge in [-0.3, -0.25) is 4.79 Å². The Morgan fingerprint density at radius 3 is 2.50 bits per heavy atom. The van der Waals surface area contributed by atoms with E-state index >= 15 is 0 Å². The summed E-state index contributed by atoms with van der Waals surface area (Å²) in [6.07, 6.45) is 10.4. The Kier molecular flexibility index (Phi) is 5.37. The monoisotopic (exact) mass is 244 g/mol. The number of hydrogen-bond acceptors (Lipinski definition) is 2. The molecular weight excluding hydrogens is 224 g/mol. The molecule has 2 nitrogen and oxygen atoms in total. The van der Waals surface area contributed by atoms with Crippen LogP contribution in [0, 0.1) is 0 Å². The summed E-state index contributed by atoms with van der Waals surface area (Å²) >= 11 is 0. The first-order chi connectivity index (χ1) is 8.67. The van der Waals surface area contributed by atoms with Gasteiger partial charge in [0.25, 0.3) is 0 Å². The van der Waals surface area contributed by atoms with Gasteiger partial charge in [0.2, 0.25) is 0 Å². The van der Waals surface area contributed by atoms with E-state index in [9.17, 15) is 4.79 Å². The van der Waals surface area contributed by atoms with E-state index in [1.165, 1.54) is 0 Å². The largest absolute Gasteiger partial charge is 0.456 e. The van der Waals surface area contributed by atoms with E-state index in [1.54, 1.807) is 12.1 Å². The van der Waals surface area contributed by atoms with Gasteiger partial charge in [-0.1, -0.05) is 31.2 Å². The van der Waals surface area contributed by atoms with Crippen LogP contribution in [0.4, 0.5) is 0 Å². The molecule has 0 aliphatic heterocycles. The zero-order chi connectivity index (χ0) is 13.5. The molecule has 0 amide bonds. The van der Waals surface area contributed by atoms with Crippen LogP contribution in [0.5, 0.6) is 0 Å². The van der Waals surface area contributed by atoms with E-state index in [0.29, 0.717) is 16.4 Å². The molecule has 0 saturated carbocycles. The normalized spacial score (nSPS) is 14.8. The van der Waals surface area contributed by atoms with Gasteiger partial charge in [0.1, 0.15) is 11.2 Å². The molecule has 18 heavy (non-hydrogen) atoms. The maximum atomic E-state index is 12.0. The fraction of sp³-hybridized carbons (Fsp3) is 0.312. The predicted octanol–water partition coefficient (Wildman–Crippen LogP) is 2.61. The van der Waals surface area contributed by atoms with Gasteiger partial charge in [-0.15, -0.1) is 0 Å². The standard InChI is InChI=1S/C16H20O2/c1-5-9-12(10-6-2)16-11-14(17)13(7-3)15(8-4)18-16/h5,7-11H,6H2,1-4H3/b9-5-,12-10+,13-7-,15-8+. The summed E-state index contributed by atoms with van der Waals surface area (Å²) in [7, 11) is 0. The zero-order valence-corrected chi connectivity index (χ0v) is 11.5. The van der Waals surface area contributed by atoms with Gasteiger partial charge in [-0.05, 0) is 33.3 Å². The Balaban J connectivity index is 3.60. The highest BCUT2D eigenvalue weighted by Gasteiger charge is 2.03. The average molecular weight is 244 g/mol. The molecule has 0 aliphatic carbocycles. The second-order valence-corrected chi connectivity index (χ2v) is 3.90. The first kappa shape index (κ1) is 14.2. The van der Waals surface area contributed by atoms with Crippen molar-refractivity contribution in [2.24, 2.45) is 0 Å². The first-order valence-electron chi connectivity index (χ1n) is 6.28. The van der Waals surface area contributed by atoms with Crippen molar-refractivity contribution in [3.05, 3.63) is 50.9 Å². The Labute approximate surface area is 108 Å². The van der Waals surface area contributed by atoms with Crippen LogP contribution in [0.1, 0.15) is 39.9 Å². The van der Waals surface area contributed by atoms with Gasteiger partial charge >= 0.3 is 0 Å². The molecule has 0 aliphatic rings. The lowest BCUT2D eigenvalue weighted by molar-refractivity contribution is 0.495. The summed E-state index contributed by atoms with van der Waals surface area (Å²) in [6, 6.07) is 1.56. The lowest BCUT2D eigenvalue weighted by atomic mass is 10.1. The molecule has 0 bridgehead atoms. The van der Waals surface area contributed by atoms with Crippen molar-refractivity contribution in [3.63, 3.8) is 0 Å². The molecule has 1 rings (SSSR count). The fourth-order valence-electron chi connectivity index (χ4n) is 1.81. The summed E-state index contributed by atoms with van der Waals surface area (Å²) in [5.41, 5.74) is 1.58. The topological polar surface area (TPSA) is 30.2 Å². The molecule has 96 valence electrons. The molecule has 0 aromatic carbocycles. The third-order valence-corrected chi connectivity index (χ3v) is 2.62. The average Bonchev–Trinajstić information content (AvgIpc) is 2.37. The second-order valence-electron chi connectivity index (χ2n) is 3.90. The Morgan fingerprint density at radius 2 is 2.00 bits per heavy atom. The number of hydrogen-bond donors (Lipinski definition) is 0. The van der Waals surface area contributed by atoms with Gasteiger partial charge in [-0.2, -0.15) is 0 Å². The lowest BCUT2D eigenvalue weighted by Crippen LogP contribution is -2.38. The van der Waals surface area contributed by atoms with E-state index in [1.807, 2.05) is 45.1 Å². The van der Waals surface area contributed by atoms with Crippen LogP contribution in [-0.4, -0.2) is 0 Å². The van der Waals surface area contributed by atoms with Crippen LogP contribution in [-0.2, 0) is 0 Å². The number of allylic oxidation sites excluding steroid dienone is 4. The first-order valence-corrected chi connectivity index (χ1v) is 6.28. The molecule has 0 saturated heterocycles. The highest BCUT2D eigenvalue weighted by Crippen LogP contribution is 2.13. The zero-order valence-electron chi connectivity index (χ0n) is 11.5. The van der Waals surface area contributed by atoms with Gasteiger partial charge < -0.3 is 4.42 Å². The van der Waals surface area contributed by atoms with Crippen molar-refractivity contribution in [1.82, 2.24) is 0 Å². The molecular formula is C16H20O2. The quantitative estimate of drug-likeness (QED) is 0.765. The van der Waals surface area contributed by atoms with Gasteiger partial charge in [0.05, 0.1) is 5.22 Å². The lowest BCUT2D eigenvalue weighted by Gasteiger charge is -2.01. The van der Waals surface area contributed by atoms with Crippen molar-refractivity contribution < 1.29 is 4.42 Å². The molecule has 0 spiro atoms. The van der Waals surface area contributed by atoms with Crippen LogP contribution in [0.25, 0.3) is 17.7 Å². The van der Waals surface area contributed by atoms with Gasteiger partial charge in [0.15, 0.2) is 5.43 Å². The van der Waals surface area contributed by atoms with E-state index in [-0.39, 0.29) is 5.43 Å². The van der Waals surface area contributed by atoms with Crippen molar-refractivity contribution in [2.75, 3.05) is 0 Å². The minimum atomic E-state index is -0.00152. The Morgan fingerprint density at radius 1 is 1.28 bits per heavy atom. The summed E-state index contributed by atoms with van der Waals surface area (Å²) in [5, 5.41) is 0.623. The molecule has 0 N–H and O–H groups in total. The molecule has 1 aromatic rings. The third-order valence-electron chi connectivity index (χ3n) is 2.62. The number of rotatable bonds is 3. The van der Waals surface area contributed by atoms with Crippen molar-refractivity contribution >= 4 is 17.7 Å². The van der Waals surface area contributed by atoms with Crippen LogP contribution in [0.15, 0.2) is 33.5 Å². The summed E-state index contributed by atoms with van der Waals surface area (Å²) in [4.78, 5) is 12.0. The van der Waals surface area contributed by atoms with Crippen LogP contribution in [0.2, 0.25) is 0 Å². The molecule has 0 fully saturated rings. The van der Waals surface area contributed by atoms with Crippen LogP contribution >= 0.6 is 0 Å². The van der Waals surface area contributed by atoms with E-state index in [2.05, 4.69) is 6.92 Å². The maximum Gasteiger partial charge on any atom is 0.192 e. The van der Waals surface area contributed by atoms with Crippen molar-refractivity contribution in [1.29, 1.82) is 0 Å². The molecule has 1 heterocycles. The maximum absolute atomic E-state index is 12.0. The van der Waals surface area contributed by atoms with Gasteiger partial charge in [0, 0.05) is 11.6 Å². The minimum Gasteiger partial charge on any atom is -0.456 e. The minimum absolute atomic E-state index is 0.00152. The van der Waals surface area contributed by atoms with E-state index < -0.39 is 0 Å². The summed E-state index contributed by atoms with van der Waals surface area (Å²) < 4.78 is 5.79. The summed E-state index contributed by atoms with van der Waals surface area (Å²) in [5.74, 6) is 0.624. The predicted molar refractivity (Wildman–Crippen MR) is 77.6 cm³/mol. The molecule has 2 heteroatoms. The van der Waals surface area contributed by atoms with Crippen molar-refractivity contribution in [3.8, 4) is 0 Å². The fourth-order valence-corrected chi connectivity index (χ4v) is 1.81. The molecule has 0 unspecified atom stereocenters. The SMILES string of the molecule is C/C=C\C(=C/CC)c1cc(=O)c(=C/C)/c(=C\C)o1. The molecule has 0 radical (unpaired) electrons. The highest BCUT2D eigenvalue weighted by atomic mass is 16.3. The van der Waals surface area contributed by atoms with Crippen molar-refractivity contribution in [2.45, 2.75) is 34.1 Å². The second kappa shape index (κ2) is 6.80. The third kappa shape index (κ3) is 3.10. The van der Waals surface area contributed by atoms with Crippen LogP contribution in [0.3, 0.4) is 0 Å². The Bertz CT molecular complexity index is 628. The van der Waals surface area contributed by atoms with Crippen LogP contribution < -0.4 is 16.1 Å². The van der Waals surface area contributed by atoms with E-state index in [0.717, 1.165) is 12.0 Å². The highest BCUT2D eigenvalue weighted by molar-refractivity contribution is 5.70. The molecule has 1 aromatic heterocycles. The van der Waals surface area contributed by atoms with Gasteiger partial charge in [-0.25, -0.2) is 0 Å². The molecule has 0 atom stereocenters. The smallest absolute Gasteiger partial charge is 0.192 e. The van der Waals surface area contributed by atoms with E-state index in [4.69, 9.17) is 4.42 Å². The summed E-state index contributed by atoms with van der Waals surface area (Å²) in [6.45, 7) is 7.72.